The van der Waals surface area contributed by atoms with Crippen LogP contribution in [0.25, 0.3) is 21.5 Å². The Hall–Kier alpha value is -3.37. The molecular weight excluding hydrogens is 352 g/mol. The van der Waals surface area contributed by atoms with Gasteiger partial charge in [-0.3, -0.25) is 4.79 Å². The van der Waals surface area contributed by atoms with Crippen LogP contribution in [0.1, 0.15) is 10.4 Å². The Labute approximate surface area is 162 Å². The van der Waals surface area contributed by atoms with Crippen LogP contribution in [-0.2, 0) is 0 Å². The molecule has 1 atom stereocenters. The van der Waals surface area contributed by atoms with E-state index in [4.69, 9.17) is 9.47 Å². The van der Waals surface area contributed by atoms with Crippen LogP contribution in [0.2, 0.25) is 0 Å². The minimum atomic E-state index is -0.829. The molecule has 0 spiro atoms. The van der Waals surface area contributed by atoms with Gasteiger partial charge in [-0.2, -0.15) is 0 Å². The van der Waals surface area contributed by atoms with E-state index in [0.717, 1.165) is 33.6 Å². The second kappa shape index (κ2) is 8.11. The lowest BCUT2D eigenvalue weighted by Crippen LogP contribution is -2.25. The molecule has 1 N–H and O–H groups in total. The van der Waals surface area contributed by atoms with Gasteiger partial charge in [-0.25, -0.2) is 0 Å². The molecule has 4 heteroatoms. The molecule has 0 fully saturated rings. The first-order valence-corrected chi connectivity index (χ1v) is 9.14. The maximum Gasteiger partial charge on any atom is 0.154 e. The van der Waals surface area contributed by atoms with Crippen LogP contribution in [0, 0.1) is 0 Å². The molecule has 140 valence electrons. The summed E-state index contributed by atoms with van der Waals surface area (Å²) in [5, 5.41) is 14.2. The van der Waals surface area contributed by atoms with Gasteiger partial charge in [0.25, 0.3) is 0 Å². The van der Waals surface area contributed by atoms with Crippen molar-refractivity contribution >= 4 is 27.8 Å². The first-order chi connectivity index (χ1) is 13.8. The third kappa shape index (κ3) is 3.68. The summed E-state index contributed by atoms with van der Waals surface area (Å²) in [6, 6.07) is 25.0. The van der Waals surface area contributed by atoms with Crippen LogP contribution in [0.4, 0.5) is 0 Å². The highest BCUT2D eigenvalue weighted by Gasteiger charge is 2.12. The number of aliphatic hydroxyl groups excluding tert-OH is 1. The van der Waals surface area contributed by atoms with Crippen molar-refractivity contribution in [2.45, 2.75) is 6.10 Å². The molecule has 4 aromatic carbocycles. The molecule has 4 aromatic rings. The number of rotatable bonds is 7. The molecule has 0 heterocycles. The second-order valence-corrected chi connectivity index (χ2v) is 6.57. The van der Waals surface area contributed by atoms with Crippen LogP contribution in [0.5, 0.6) is 11.5 Å². The smallest absolute Gasteiger partial charge is 0.154 e. The molecule has 1 unspecified atom stereocenters. The number of carbonyl (C=O) groups excluding carboxylic acids is 1. The number of aliphatic hydroxyl groups is 1. The highest BCUT2D eigenvalue weighted by Crippen LogP contribution is 2.27. The minimum absolute atomic E-state index is 0.0317. The lowest BCUT2D eigenvalue weighted by molar-refractivity contribution is 0.0628. The van der Waals surface area contributed by atoms with Crippen molar-refractivity contribution in [3.63, 3.8) is 0 Å². The van der Waals surface area contributed by atoms with Crippen LogP contribution < -0.4 is 9.47 Å². The summed E-state index contributed by atoms with van der Waals surface area (Å²) in [5.41, 5.74) is 0.486. The van der Waals surface area contributed by atoms with Crippen molar-refractivity contribution in [3.8, 4) is 11.5 Å². The van der Waals surface area contributed by atoms with Crippen LogP contribution >= 0.6 is 0 Å². The molecule has 0 aliphatic rings. The Morgan fingerprint density at radius 3 is 2.07 bits per heavy atom. The average molecular weight is 372 g/mol. The minimum Gasteiger partial charge on any atom is -0.490 e. The Morgan fingerprint density at radius 1 is 0.714 bits per heavy atom. The SMILES string of the molecule is O=Cc1c(OCC(O)COc2cccc3ccccc23)ccc2ccccc12. The summed E-state index contributed by atoms with van der Waals surface area (Å²) in [6.45, 7) is 0.127. The van der Waals surface area contributed by atoms with Crippen LogP contribution in [0.15, 0.2) is 78.9 Å². The van der Waals surface area contributed by atoms with E-state index in [9.17, 15) is 9.90 Å². The number of fused-ring (bicyclic) bond motifs is 2. The van der Waals surface area contributed by atoms with Gasteiger partial charge in [0, 0.05) is 5.39 Å². The highest BCUT2D eigenvalue weighted by atomic mass is 16.5. The summed E-state index contributed by atoms with van der Waals surface area (Å²) in [4.78, 5) is 11.6. The Bertz CT molecular complexity index is 1110. The highest BCUT2D eigenvalue weighted by molar-refractivity contribution is 6.00. The monoisotopic (exact) mass is 372 g/mol. The van der Waals surface area contributed by atoms with E-state index in [2.05, 4.69) is 0 Å². The third-order valence-electron chi connectivity index (χ3n) is 4.66. The zero-order valence-electron chi connectivity index (χ0n) is 15.2. The van der Waals surface area contributed by atoms with E-state index in [-0.39, 0.29) is 13.2 Å². The molecule has 0 radical (unpaired) electrons. The van der Waals surface area contributed by atoms with Gasteiger partial charge in [-0.15, -0.1) is 0 Å². The summed E-state index contributed by atoms with van der Waals surface area (Å²) < 4.78 is 11.5. The van der Waals surface area contributed by atoms with Gasteiger partial charge in [0.2, 0.25) is 0 Å². The second-order valence-electron chi connectivity index (χ2n) is 6.57. The molecule has 0 amide bonds. The lowest BCUT2D eigenvalue weighted by Gasteiger charge is -2.16. The molecule has 0 aliphatic heterocycles. The van der Waals surface area contributed by atoms with Crippen molar-refractivity contribution in [2.24, 2.45) is 0 Å². The predicted octanol–water partition coefficient (Wildman–Crippen LogP) is 4.62. The quantitative estimate of drug-likeness (QED) is 0.481. The maximum absolute atomic E-state index is 11.6. The van der Waals surface area contributed by atoms with Gasteiger partial charge in [-0.1, -0.05) is 66.7 Å². The van der Waals surface area contributed by atoms with Crippen LogP contribution in [-0.4, -0.2) is 30.7 Å². The molecule has 0 saturated carbocycles. The standard InChI is InChI=1S/C24H20O4/c25-14-22-20-9-3-1-7-18(20)12-13-24(22)28-16-19(26)15-27-23-11-5-8-17-6-2-4-10-21(17)23/h1-14,19,26H,15-16H2. The Kier molecular flexibility index (Phi) is 5.22. The topological polar surface area (TPSA) is 55.8 Å². The van der Waals surface area contributed by atoms with Gasteiger partial charge in [-0.05, 0) is 28.3 Å². The summed E-state index contributed by atoms with van der Waals surface area (Å²) in [7, 11) is 0. The number of carbonyl (C=O) groups is 1. The fourth-order valence-corrected chi connectivity index (χ4v) is 3.26. The van der Waals surface area contributed by atoms with Crippen molar-refractivity contribution in [1.82, 2.24) is 0 Å². The van der Waals surface area contributed by atoms with E-state index in [1.165, 1.54) is 0 Å². The van der Waals surface area contributed by atoms with E-state index in [1.807, 2.05) is 72.8 Å². The Balaban J connectivity index is 1.43. The molecule has 0 aliphatic carbocycles. The van der Waals surface area contributed by atoms with Crippen LogP contribution in [0.3, 0.4) is 0 Å². The van der Waals surface area contributed by atoms with E-state index in [0.29, 0.717) is 11.3 Å². The van der Waals surface area contributed by atoms with Gasteiger partial charge < -0.3 is 14.6 Å². The number of ether oxygens (including phenoxy) is 2. The zero-order chi connectivity index (χ0) is 19.3. The van der Waals surface area contributed by atoms with E-state index in [1.54, 1.807) is 6.07 Å². The Morgan fingerprint density at radius 2 is 1.32 bits per heavy atom. The van der Waals surface area contributed by atoms with Crippen molar-refractivity contribution in [3.05, 3.63) is 84.4 Å². The van der Waals surface area contributed by atoms with Gasteiger partial charge in [0.05, 0.1) is 5.56 Å². The summed E-state index contributed by atoms with van der Waals surface area (Å²) >= 11 is 0. The normalized spacial score (nSPS) is 12.0. The molecular formula is C24H20O4. The van der Waals surface area contributed by atoms with Gasteiger partial charge in [0.1, 0.15) is 30.8 Å². The third-order valence-corrected chi connectivity index (χ3v) is 4.66. The number of benzene rings is 4. The molecule has 28 heavy (non-hydrogen) atoms. The zero-order valence-corrected chi connectivity index (χ0v) is 15.2. The lowest BCUT2D eigenvalue weighted by atomic mass is 10.0. The molecule has 0 bridgehead atoms. The number of aldehydes is 1. The first kappa shape index (κ1) is 18.0. The number of hydrogen-bond donors (Lipinski definition) is 1. The van der Waals surface area contributed by atoms with Crippen molar-refractivity contribution < 1.29 is 19.4 Å². The van der Waals surface area contributed by atoms with Crippen molar-refractivity contribution in [1.29, 1.82) is 0 Å². The predicted molar refractivity (Wildman–Crippen MR) is 110 cm³/mol. The fraction of sp³-hybridized carbons (Fsp3) is 0.125. The first-order valence-electron chi connectivity index (χ1n) is 9.14. The molecule has 4 rings (SSSR count). The number of hydrogen-bond acceptors (Lipinski definition) is 4. The fourth-order valence-electron chi connectivity index (χ4n) is 3.26. The molecule has 0 saturated heterocycles. The average Bonchev–Trinajstić information content (AvgIpc) is 2.75. The largest absolute Gasteiger partial charge is 0.490 e. The van der Waals surface area contributed by atoms with E-state index >= 15 is 0 Å². The van der Waals surface area contributed by atoms with E-state index < -0.39 is 6.10 Å². The molecule has 4 nitrogen and oxygen atoms in total. The van der Waals surface area contributed by atoms with Gasteiger partial charge in [0.15, 0.2) is 6.29 Å². The maximum atomic E-state index is 11.6. The summed E-state index contributed by atoms with van der Waals surface area (Å²) in [6.07, 6.45) is -0.0404. The van der Waals surface area contributed by atoms with Crippen molar-refractivity contribution in [2.75, 3.05) is 13.2 Å². The molecule has 0 aromatic heterocycles. The summed E-state index contributed by atoms with van der Waals surface area (Å²) in [5.74, 6) is 1.18. The van der Waals surface area contributed by atoms with Gasteiger partial charge >= 0.3 is 0 Å².